The summed E-state index contributed by atoms with van der Waals surface area (Å²) >= 11 is 0. The van der Waals surface area contributed by atoms with E-state index in [-0.39, 0.29) is 22.5 Å². The molecule has 0 saturated carbocycles. The number of carbonyl (C=O) groups excluding carboxylic acids is 2. The topological polar surface area (TPSA) is 105 Å². The fourth-order valence-corrected chi connectivity index (χ4v) is 1.53. The Bertz CT molecular complexity index is 598. The van der Waals surface area contributed by atoms with Crippen LogP contribution in [0.4, 0.5) is 11.4 Å². The molecule has 102 valence electrons. The van der Waals surface area contributed by atoms with Gasteiger partial charge >= 0.3 is 11.9 Å². The van der Waals surface area contributed by atoms with Crippen molar-refractivity contribution in [3.63, 3.8) is 0 Å². The summed E-state index contributed by atoms with van der Waals surface area (Å²) in [6, 6.07) is 12.6. The average Bonchev–Trinajstić information content (AvgIpc) is 2.45. The molecule has 0 radical (unpaired) electrons. The molecule has 0 saturated heterocycles. The van der Waals surface area contributed by atoms with Gasteiger partial charge in [0, 0.05) is 11.4 Å². The Morgan fingerprint density at radius 2 is 1.05 bits per heavy atom. The Morgan fingerprint density at radius 1 is 0.700 bits per heavy atom. The number of benzene rings is 2. The summed E-state index contributed by atoms with van der Waals surface area (Å²) in [5, 5.41) is 0. The first-order chi connectivity index (χ1) is 9.59. The van der Waals surface area contributed by atoms with Gasteiger partial charge in [0.2, 0.25) is 0 Å². The molecule has 0 amide bonds. The fourth-order valence-electron chi connectivity index (χ4n) is 1.53. The zero-order chi connectivity index (χ0) is 14.5. The van der Waals surface area contributed by atoms with E-state index in [1.165, 1.54) is 24.3 Å². The lowest BCUT2D eigenvalue weighted by atomic mass is 10.2. The molecule has 0 atom stereocenters. The summed E-state index contributed by atoms with van der Waals surface area (Å²) in [4.78, 5) is 32.3. The van der Waals surface area contributed by atoms with Gasteiger partial charge < -0.3 is 11.5 Å². The SMILES string of the molecule is Nc1ccccc1C(=O)OOC(=O)c1ccccc1N. The highest BCUT2D eigenvalue weighted by Crippen LogP contribution is 2.14. The van der Waals surface area contributed by atoms with Crippen molar-refractivity contribution in [2.75, 3.05) is 11.5 Å². The van der Waals surface area contributed by atoms with Gasteiger partial charge in [0.15, 0.2) is 0 Å². The molecule has 2 rings (SSSR count). The van der Waals surface area contributed by atoms with Crippen molar-refractivity contribution >= 4 is 23.3 Å². The van der Waals surface area contributed by atoms with Crippen molar-refractivity contribution in [3.8, 4) is 0 Å². The molecule has 6 nitrogen and oxygen atoms in total. The third kappa shape index (κ3) is 2.86. The number of carbonyl (C=O) groups is 2. The minimum absolute atomic E-state index is 0.112. The van der Waals surface area contributed by atoms with E-state index in [4.69, 9.17) is 11.5 Å². The van der Waals surface area contributed by atoms with Crippen LogP contribution in [0.1, 0.15) is 20.7 Å². The van der Waals surface area contributed by atoms with Crippen LogP contribution < -0.4 is 11.5 Å². The molecule has 2 aromatic rings. The predicted molar refractivity (Wildman–Crippen MR) is 72.5 cm³/mol. The molecule has 4 N–H and O–H groups in total. The van der Waals surface area contributed by atoms with Crippen molar-refractivity contribution in [3.05, 3.63) is 59.7 Å². The Balaban J connectivity index is 2.03. The van der Waals surface area contributed by atoms with Crippen LogP contribution in [0.15, 0.2) is 48.5 Å². The van der Waals surface area contributed by atoms with Crippen LogP contribution >= 0.6 is 0 Å². The highest BCUT2D eigenvalue weighted by Gasteiger charge is 2.17. The number of rotatable bonds is 2. The minimum Gasteiger partial charge on any atom is -0.398 e. The number of anilines is 2. The third-order valence-corrected chi connectivity index (χ3v) is 2.55. The summed E-state index contributed by atoms with van der Waals surface area (Å²) in [7, 11) is 0. The van der Waals surface area contributed by atoms with Gasteiger partial charge in [0.05, 0.1) is 11.1 Å². The van der Waals surface area contributed by atoms with E-state index >= 15 is 0 Å². The summed E-state index contributed by atoms with van der Waals surface area (Å²) in [6.45, 7) is 0. The molecule has 6 heteroatoms. The van der Waals surface area contributed by atoms with Crippen LogP contribution in [-0.4, -0.2) is 11.9 Å². The molecule has 0 fully saturated rings. The Labute approximate surface area is 114 Å². The highest BCUT2D eigenvalue weighted by molar-refractivity contribution is 5.97. The summed E-state index contributed by atoms with van der Waals surface area (Å²) < 4.78 is 0. The highest BCUT2D eigenvalue weighted by atomic mass is 17.2. The van der Waals surface area contributed by atoms with Crippen LogP contribution in [0.2, 0.25) is 0 Å². The zero-order valence-electron chi connectivity index (χ0n) is 10.4. The van der Waals surface area contributed by atoms with Crippen LogP contribution in [0.5, 0.6) is 0 Å². The second-order valence-corrected chi connectivity index (χ2v) is 3.92. The summed E-state index contributed by atoms with van der Waals surface area (Å²) in [5.74, 6) is -1.71. The molecule has 0 heterocycles. The predicted octanol–water partition coefficient (Wildman–Crippen LogP) is 1.78. The maximum Gasteiger partial charge on any atom is 0.388 e. The molecule has 0 spiro atoms. The standard InChI is InChI=1S/C14H12N2O4/c15-11-7-3-1-5-9(11)13(17)19-20-14(18)10-6-2-4-8-12(10)16/h1-8H,15-16H2. The van der Waals surface area contributed by atoms with Gasteiger partial charge in [0.25, 0.3) is 0 Å². The molecule has 0 aromatic heterocycles. The second kappa shape index (κ2) is 5.75. The van der Waals surface area contributed by atoms with E-state index in [0.717, 1.165) is 0 Å². The lowest BCUT2D eigenvalue weighted by Gasteiger charge is -2.06. The molecule has 0 aliphatic heterocycles. The van der Waals surface area contributed by atoms with Gasteiger partial charge in [-0.25, -0.2) is 19.4 Å². The number of hydrogen-bond acceptors (Lipinski definition) is 6. The van der Waals surface area contributed by atoms with E-state index in [9.17, 15) is 9.59 Å². The van der Waals surface area contributed by atoms with E-state index in [1.807, 2.05) is 0 Å². The van der Waals surface area contributed by atoms with Crippen molar-refractivity contribution in [1.29, 1.82) is 0 Å². The Morgan fingerprint density at radius 3 is 1.40 bits per heavy atom. The molecule has 0 bridgehead atoms. The number of para-hydroxylation sites is 2. The van der Waals surface area contributed by atoms with Crippen LogP contribution in [-0.2, 0) is 9.78 Å². The molecule has 20 heavy (non-hydrogen) atoms. The van der Waals surface area contributed by atoms with Crippen LogP contribution in [0, 0.1) is 0 Å². The van der Waals surface area contributed by atoms with Crippen molar-refractivity contribution in [2.45, 2.75) is 0 Å². The summed E-state index contributed by atoms with van der Waals surface area (Å²) in [5.41, 5.74) is 11.9. The van der Waals surface area contributed by atoms with Gasteiger partial charge in [-0.2, -0.15) is 0 Å². The second-order valence-electron chi connectivity index (χ2n) is 3.92. The maximum absolute atomic E-state index is 11.7. The number of hydrogen-bond donors (Lipinski definition) is 2. The lowest BCUT2D eigenvalue weighted by molar-refractivity contribution is -0.187. The molecule has 0 aliphatic carbocycles. The Kier molecular flexibility index (Phi) is 3.85. The molecular formula is C14H12N2O4. The van der Waals surface area contributed by atoms with E-state index in [2.05, 4.69) is 9.78 Å². The van der Waals surface area contributed by atoms with Crippen LogP contribution in [0.25, 0.3) is 0 Å². The largest absolute Gasteiger partial charge is 0.398 e. The van der Waals surface area contributed by atoms with Crippen molar-refractivity contribution < 1.29 is 19.4 Å². The molecular weight excluding hydrogens is 260 g/mol. The first kappa shape index (κ1) is 13.4. The molecule has 0 unspecified atom stereocenters. The lowest BCUT2D eigenvalue weighted by Crippen LogP contribution is -2.14. The van der Waals surface area contributed by atoms with Crippen molar-refractivity contribution in [2.24, 2.45) is 0 Å². The smallest absolute Gasteiger partial charge is 0.388 e. The van der Waals surface area contributed by atoms with Gasteiger partial charge in [-0.1, -0.05) is 24.3 Å². The van der Waals surface area contributed by atoms with Gasteiger partial charge in [-0.05, 0) is 24.3 Å². The van der Waals surface area contributed by atoms with Crippen LogP contribution in [0.3, 0.4) is 0 Å². The third-order valence-electron chi connectivity index (χ3n) is 2.55. The average molecular weight is 272 g/mol. The van der Waals surface area contributed by atoms with Crippen molar-refractivity contribution in [1.82, 2.24) is 0 Å². The first-order valence-corrected chi connectivity index (χ1v) is 5.72. The number of nitrogens with two attached hydrogens (primary N) is 2. The molecule has 2 aromatic carbocycles. The zero-order valence-corrected chi connectivity index (χ0v) is 10.4. The number of nitrogen functional groups attached to an aromatic ring is 2. The summed E-state index contributed by atoms with van der Waals surface area (Å²) in [6.07, 6.45) is 0. The van der Waals surface area contributed by atoms with E-state index in [1.54, 1.807) is 24.3 Å². The van der Waals surface area contributed by atoms with Gasteiger partial charge in [-0.15, -0.1) is 0 Å². The normalized spacial score (nSPS) is 9.80. The van der Waals surface area contributed by atoms with E-state index < -0.39 is 11.9 Å². The maximum atomic E-state index is 11.7. The first-order valence-electron chi connectivity index (χ1n) is 5.72. The van der Waals surface area contributed by atoms with E-state index in [0.29, 0.717) is 0 Å². The van der Waals surface area contributed by atoms with Gasteiger partial charge in [0.1, 0.15) is 0 Å². The fraction of sp³-hybridized carbons (Fsp3) is 0. The van der Waals surface area contributed by atoms with Gasteiger partial charge in [-0.3, -0.25) is 0 Å². The quantitative estimate of drug-likeness (QED) is 0.490. The minimum atomic E-state index is -0.856. The monoisotopic (exact) mass is 272 g/mol. The Hall–Kier alpha value is -3.02. The molecule has 0 aliphatic rings.